The Morgan fingerprint density at radius 2 is 1.50 bits per heavy atom. The van der Waals surface area contributed by atoms with Gasteiger partial charge < -0.3 is 0 Å². The molecular formula is C5H5MnNO. The molecule has 0 unspecified atom stereocenters. The van der Waals surface area contributed by atoms with Crippen LogP contribution in [0.3, 0.4) is 0 Å². The molecule has 0 saturated carbocycles. The van der Waals surface area contributed by atoms with Crippen LogP contribution in [0.5, 0.6) is 0 Å². The van der Waals surface area contributed by atoms with E-state index in [9.17, 15) is 0 Å². The summed E-state index contributed by atoms with van der Waals surface area (Å²) in [6, 6.07) is 10.0. The minimum atomic E-state index is 0. The maximum absolute atomic E-state index is 7.25. The molecule has 0 aliphatic rings. The van der Waals surface area contributed by atoms with Crippen molar-refractivity contribution in [3.63, 3.8) is 0 Å². The first-order chi connectivity index (χ1) is 3.50. The fraction of sp³-hybridized carbons (Fsp3) is 0. The first-order valence-corrected chi connectivity index (χ1v) is 1.85. The van der Waals surface area contributed by atoms with Gasteiger partial charge in [0.15, 0.2) is 0 Å². The molecule has 1 radical (unpaired) electrons. The average molecular weight is 150 g/mol. The van der Waals surface area contributed by atoms with E-state index < -0.39 is 0 Å². The molecule has 3 heteroatoms. The Balaban J connectivity index is 0. The maximum atomic E-state index is 7.25. The molecule has 0 fully saturated rings. The minimum absolute atomic E-state index is 0. The first-order valence-electron chi connectivity index (χ1n) is 1.85. The molecule has 0 aromatic heterocycles. The van der Waals surface area contributed by atoms with E-state index in [2.05, 4.69) is 0 Å². The van der Waals surface area contributed by atoms with Gasteiger partial charge in [-0.05, 0) is 0 Å². The molecule has 0 bridgehead atoms. The first kappa shape index (κ1) is 10.5. The van der Waals surface area contributed by atoms with E-state index in [-0.39, 0.29) is 17.1 Å². The number of rotatable bonds is 0. The molecule has 0 amide bonds. The van der Waals surface area contributed by atoms with Crippen molar-refractivity contribution in [3.8, 4) is 0 Å². The number of hydrogen-bond acceptors (Lipinski definition) is 1. The zero-order valence-corrected chi connectivity index (χ0v) is 5.30. The van der Waals surface area contributed by atoms with Crippen LogP contribution in [0.15, 0.2) is 30.3 Å². The fourth-order valence-corrected chi connectivity index (χ4v) is 0.321. The van der Waals surface area contributed by atoms with Crippen LogP contribution < -0.4 is 0 Å². The van der Waals surface area contributed by atoms with Gasteiger partial charge in [0.1, 0.15) is 0 Å². The normalized spacial score (nSPS) is 5.25. The van der Waals surface area contributed by atoms with Gasteiger partial charge in [0, 0.05) is 17.1 Å². The van der Waals surface area contributed by atoms with Gasteiger partial charge in [-0.15, -0.1) is 0 Å². The quantitative estimate of drug-likeness (QED) is 0.312. The molecule has 1 aromatic carbocycles. The van der Waals surface area contributed by atoms with E-state index in [0.29, 0.717) is 0 Å². The van der Waals surface area contributed by atoms with Crippen molar-refractivity contribution < 1.29 is 21.8 Å². The number of hydrogen-bond donors (Lipinski definition) is 0. The molecule has 1 rings (SSSR count). The van der Waals surface area contributed by atoms with Crippen LogP contribution in [-0.2, 0) is 21.8 Å². The Hall–Kier alpha value is -0.461. The van der Waals surface area contributed by atoms with Gasteiger partial charge in [-0.2, -0.15) is 18.2 Å². The van der Waals surface area contributed by atoms with E-state index in [4.69, 9.17) is 10.2 Å². The summed E-state index contributed by atoms with van der Waals surface area (Å²) in [7, 11) is 0. The summed E-state index contributed by atoms with van der Waals surface area (Å²) in [4.78, 5) is 0. The van der Waals surface area contributed by atoms with E-state index in [0.717, 1.165) is 0 Å². The Morgan fingerprint density at radius 1 is 1.12 bits per heavy atom. The van der Waals surface area contributed by atoms with Crippen LogP contribution >= 0.6 is 0 Å². The van der Waals surface area contributed by atoms with Gasteiger partial charge >= 0.3 is 10.2 Å². The van der Waals surface area contributed by atoms with Crippen LogP contribution in [-0.4, -0.2) is 0 Å². The maximum Gasteiger partial charge on any atom is 0 e. The number of nitrogens with zero attached hydrogens (tertiary/aromatic N) is 1. The zero-order chi connectivity index (χ0) is 5.54. The molecule has 43 valence electrons. The van der Waals surface area contributed by atoms with Crippen molar-refractivity contribution in [3.05, 3.63) is 30.3 Å². The summed E-state index contributed by atoms with van der Waals surface area (Å²) >= 11 is 0. The third kappa shape index (κ3) is 5.54. The molecule has 0 heterocycles. The molecule has 2 nitrogen and oxygen atoms in total. The standard InChI is InChI=1S/C5H5.Mn.NO/c1-2-4-5-3-1;;1-2/h1-5H;;/q-1;;+1. The zero-order valence-electron chi connectivity index (χ0n) is 4.12. The largest absolute Gasteiger partial charge is 0.214 e. The van der Waals surface area contributed by atoms with Gasteiger partial charge in [-0.25, -0.2) is 12.1 Å². The minimum Gasteiger partial charge on any atom is -0.214 e. The van der Waals surface area contributed by atoms with Crippen LogP contribution in [0.1, 0.15) is 0 Å². The second-order valence-corrected chi connectivity index (χ2v) is 0.962. The molecule has 0 aliphatic carbocycles. The Labute approximate surface area is 58.2 Å². The van der Waals surface area contributed by atoms with Gasteiger partial charge in [0.2, 0.25) is 0 Å². The Kier molecular flexibility index (Phi) is 12.8. The smallest absolute Gasteiger partial charge is 0 e. The van der Waals surface area contributed by atoms with Crippen molar-refractivity contribution in [1.29, 1.82) is 5.46 Å². The van der Waals surface area contributed by atoms with Crippen molar-refractivity contribution in [1.82, 2.24) is 0 Å². The molecule has 1 aromatic rings. The van der Waals surface area contributed by atoms with Crippen molar-refractivity contribution in [2.75, 3.05) is 0 Å². The molecule has 0 N–H and O–H groups in total. The van der Waals surface area contributed by atoms with Crippen molar-refractivity contribution in [2.45, 2.75) is 0 Å². The summed E-state index contributed by atoms with van der Waals surface area (Å²) in [6.45, 7) is 0. The van der Waals surface area contributed by atoms with E-state index in [1.54, 1.807) is 0 Å². The summed E-state index contributed by atoms with van der Waals surface area (Å²) < 4.78 is 7.25. The van der Waals surface area contributed by atoms with Crippen molar-refractivity contribution in [2.24, 2.45) is 0 Å². The molecule has 8 heavy (non-hydrogen) atoms. The molecule has 0 saturated heterocycles. The summed E-state index contributed by atoms with van der Waals surface area (Å²) in [5, 5.41) is 0. The molecule has 0 atom stereocenters. The molecule has 0 spiro atoms. The Bertz CT molecular complexity index is 96.0. The van der Waals surface area contributed by atoms with Crippen LogP contribution in [0.2, 0.25) is 0 Å². The third-order valence-electron chi connectivity index (χ3n) is 0.556. The van der Waals surface area contributed by atoms with E-state index >= 15 is 0 Å². The molecule has 0 aliphatic heterocycles. The van der Waals surface area contributed by atoms with Crippen LogP contribution in [0, 0.1) is 5.46 Å². The van der Waals surface area contributed by atoms with Crippen LogP contribution in [0.4, 0.5) is 0 Å². The Morgan fingerprint density at radius 3 is 1.62 bits per heavy atom. The summed E-state index contributed by atoms with van der Waals surface area (Å²) in [5.41, 5.74) is 5.75. The van der Waals surface area contributed by atoms with Gasteiger partial charge in [-0.3, -0.25) is 0 Å². The topological polar surface area (TPSA) is 43.7 Å². The van der Waals surface area contributed by atoms with Crippen molar-refractivity contribution >= 4 is 0 Å². The second kappa shape index (κ2) is 9.74. The summed E-state index contributed by atoms with van der Waals surface area (Å²) in [5.74, 6) is 0. The predicted molar refractivity (Wildman–Crippen MR) is 24.4 cm³/mol. The monoisotopic (exact) mass is 150 g/mol. The SMILES string of the molecule is N#[O+].[Mn].c1cc[cH-]c1. The third-order valence-corrected chi connectivity index (χ3v) is 0.556. The average Bonchev–Trinajstić information content (AvgIpc) is 2.23. The molecular weight excluding hydrogens is 145 g/mol. The van der Waals surface area contributed by atoms with Gasteiger partial charge in [-0.1, -0.05) is 0 Å². The second-order valence-electron chi connectivity index (χ2n) is 0.962. The fourth-order valence-electron chi connectivity index (χ4n) is 0.321. The van der Waals surface area contributed by atoms with E-state index in [1.807, 2.05) is 30.3 Å². The predicted octanol–water partition coefficient (Wildman–Crippen LogP) is 1.30. The van der Waals surface area contributed by atoms with Gasteiger partial charge in [0.05, 0.1) is 0 Å². The summed E-state index contributed by atoms with van der Waals surface area (Å²) in [6.07, 6.45) is 0. The van der Waals surface area contributed by atoms with Gasteiger partial charge in [0.25, 0.3) is 0 Å². The van der Waals surface area contributed by atoms with Crippen LogP contribution in [0.25, 0.3) is 0 Å². The van der Waals surface area contributed by atoms with E-state index in [1.165, 1.54) is 0 Å².